The van der Waals surface area contributed by atoms with Crippen molar-refractivity contribution >= 4 is 45.7 Å². The van der Waals surface area contributed by atoms with E-state index < -0.39 is 0 Å². The molecule has 0 saturated heterocycles. The van der Waals surface area contributed by atoms with Crippen LogP contribution >= 0.6 is 34.8 Å². The van der Waals surface area contributed by atoms with Gasteiger partial charge in [-0.2, -0.15) is 0 Å². The van der Waals surface area contributed by atoms with Crippen molar-refractivity contribution in [1.29, 1.82) is 0 Å². The first-order chi connectivity index (χ1) is 9.58. The van der Waals surface area contributed by atoms with Gasteiger partial charge in [0.15, 0.2) is 5.82 Å². The van der Waals surface area contributed by atoms with Gasteiger partial charge in [-0.25, -0.2) is 9.97 Å². The van der Waals surface area contributed by atoms with Crippen molar-refractivity contribution in [3.63, 3.8) is 0 Å². The van der Waals surface area contributed by atoms with Crippen molar-refractivity contribution in [1.82, 2.24) is 9.97 Å². The average Bonchev–Trinajstić information content (AvgIpc) is 2.43. The van der Waals surface area contributed by atoms with Crippen LogP contribution in [0.4, 0.5) is 0 Å². The molecule has 3 rings (SSSR count). The lowest BCUT2D eigenvalue weighted by molar-refractivity contribution is 1.22. The van der Waals surface area contributed by atoms with Crippen molar-refractivity contribution in [2.45, 2.75) is 6.92 Å². The van der Waals surface area contributed by atoms with Gasteiger partial charge in [-0.05, 0) is 30.7 Å². The molecule has 3 aromatic rings. The quantitative estimate of drug-likeness (QED) is 0.547. The summed E-state index contributed by atoms with van der Waals surface area (Å²) in [5.74, 6) is 0.476. The number of aromatic nitrogens is 2. The summed E-state index contributed by atoms with van der Waals surface area (Å²) < 4.78 is 0. The number of hydrogen-bond acceptors (Lipinski definition) is 2. The number of fused-ring (bicyclic) bond motifs is 1. The molecule has 2 nitrogen and oxygen atoms in total. The third-order valence-corrected chi connectivity index (χ3v) is 4.16. The van der Waals surface area contributed by atoms with E-state index >= 15 is 0 Å². The van der Waals surface area contributed by atoms with Crippen LogP contribution in [-0.2, 0) is 0 Å². The van der Waals surface area contributed by atoms with Gasteiger partial charge in [-0.1, -0.05) is 53.0 Å². The number of nitrogens with zero attached hydrogens (tertiary/aromatic N) is 2. The molecule has 2 aromatic carbocycles. The van der Waals surface area contributed by atoms with E-state index in [1.165, 1.54) is 0 Å². The number of aryl methyl sites for hydroxylation is 1. The van der Waals surface area contributed by atoms with E-state index in [0.717, 1.165) is 16.5 Å². The number of benzene rings is 2. The maximum Gasteiger partial charge on any atom is 0.163 e. The predicted molar refractivity (Wildman–Crippen MR) is 84.7 cm³/mol. The van der Waals surface area contributed by atoms with Gasteiger partial charge in [0.25, 0.3) is 0 Å². The van der Waals surface area contributed by atoms with Crippen LogP contribution in [0.15, 0.2) is 36.4 Å². The Kier molecular flexibility index (Phi) is 3.55. The third kappa shape index (κ3) is 2.24. The molecule has 5 heteroatoms. The van der Waals surface area contributed by atoms with Gasteiger partial charge in [-0.15, -0.1) is 0 Å². The van der Waals surface area contributed by atoms with E-state index in [2.05, 4.69) is 9.97 Å². The van der Waals surface area contributed by atoms with E-state index in [4.69, 9.17) is 34.8 Å². The first-order valence-corrected chi connectivity index (χ1v) is 7.08. The van der Waals surface area contributed by atoms with Crippen LogP contribution < -0.4 is 0 Å². The summed E-state index contributed by atoms with van der Waals surface area (Å²) in [6.45, 7) is 1.93. The molecule has 0 amide bonds. The number of halogens is 3. The van der Waals surface area contributed by atoms with Crippen molar-refractivity contribution in [2.24, 2.45) is 0 Å². The molecule has 0 bridgehead atoms. The molecule has 0 aliphatic rings. The lowest BCUT2D eigenvalue weighted by Gasteiger charge is -2.08. The Hall–Kier alpha value is -1.35. The number of rotatable bonds is 1. The van der Waals surface area contributed by atoms with Gasteiger partial charge in [0.05, 0.1) is 15.6 Å². The van der Waals surface area contributed by atoms with E-state index in [9.17, 15) is 0 Å². The van der Waals surface area contributed by atoms with Gasteiger partial charge in [0, 0.05) is 10.9 Å². The zero-order valence-corrected chi connectivity index (χ0v) is 12.8. The highest BCUT2D eigenvalue weighted by molar-refractivity contribution is 6.38. The minimum atomic E-state index is 0.366. The summed E-state index contributed by atoms with van der Waals surface area (Å²) in [6, 6.07) is 11.1. The second-order valence-electron chi connectivity index (χ2n) is 4.41. The van der Waals surface area contributed by atoms with E-state index in [1.807, 2.05) is 37.3 Å². The molecule has 0 unspecified atom stereocenters. The second-order valence-corrected chi connectivity index (χ2v) is 5.55. The maximum absolute atomic E-state index is 6.31. The van der Waals surface area contributed by atoms with E-state index in [0.29, 0.717) is 26.5 Å². The molecule has 0 aliphatic heterocycles. The molecule has 0 saturated carbocycles. The molecule has 0 fully saturated rings. The van der Waals surface area contributed by atoms with Crippen LogP contribution in [0.2, 0.25) is 15.2 Å². The average molecular weight is 324 g/mol. The zero-order valence-electron chi connectivity index (χ0n) is 10.5. The molecule has 0 radical (unpaired) electrons. The molecular formula is C15H9Cl3N2. The van der Waals surface area contributed by atoms with Crippen molar-refractivity contribution in [3.8, 4) is 11.4 Å². The summed E-state index contributed by atoms with van der Waals surface area (Å²) in [4.78, 5) is 8.82. The normalized spacial score (nSPS) is 11.0. The lowest BCUT2D eigenvalue weighted by atomic mass is 10.1. The van der Waals surface area contributed by atoms with Crippen LogP contribution in [-0.4, -0.2) is 9.97 Å². The zero-order chi connectivity index (χ0) is 14.3. The molecule has 1 aromatic heterocycles. The van der Waals surface area contributed by atoms with Crippen LogP contribution in [0.3, 0.4) is 0 Å². The first-order valence-electron chi connectivity index (χ1n) is 5.95. The molecular weight excluding hydrogens is 315 g/mol. The standard InChI is InChI=1S/C15H9Cl3N2/c1-8-4-2-5-9(12(8)17)15-19-13-10(14(18)20-15)6-3-7-11(13)16/h2-7H,1H3. The van der Waals surface area contributed by atoms with Crippen molar-refractivity contribution < 1.29 is 0 Å². The molecule has 100 valence electrons. The Morgan fingerprint density at radius 3 is 2.45 bits per heavy atom. The molecule has 0 aliphatic carbocycles. The highest BCUT2D eigenvalue weighted by Gasteiger charge is 2.13. The van der Waals surface area contributed by atoms with Crippen molar-refractivity contribution in [3.05, 3.63) is 57.2 Å². The number of hydrogen-bond donors (Lipinski definition) is 0. The fourth-order valence-corrected chi connectivity index (χ4v) is 2.68. The van der Waals surface area contributed by atoms with E-state index in [-0.39, 0.29) is 0 Å². The smallest absolute Gasteiger partial charge is 0.163 e. The second kappa shape index (κ2) is 5.21. The fraction of sp³-hybridized carbons (Fsp3) is 0.0667. The number of para-hydroxylation sites is 1. The minimum Gasteiger partial charge on any atom is -0.226 e. The Morgan fingerprint density at radius 1 is 0.900 bits per heavy atom. The Labute approximate surface area is 131 Å². The fourth-order valence-electron chi connectivity index (χ4n) is 2.02. The SMILES string of the molecule is Cc1cccc(-c2nc(Cl)c3cccc(Cl)c3n2)c1Cl. The summed E-state index contributed by atoms with van der Waals surface area (Å²) >= 11 is 18.7. The largest absolute Gasteiger partial charge is 0.226 e. The Bertz CT molecular complexity index is 816. The van der Waals surface area contributed by atoms with Crippen LogP contribution in [0.1, 0.15) is 5.56 Å². The molecule has 0 spiro atoms. The van der Waals surface area contributed by atoms with Gasteiger partial charge in [-0.3, -0.25) is 0 Å². The maximum atomic E-state index is 6.31. The molecule has 20 heavy (non-hydrogen) atoms. The summed E-state index contributed by atoms with van der Waals surface area (Å²) in [5, 5.41) is 2.25. The minimum absolute atomic E-state index is 0.366. The summed E-state index contributed by atoms with van der Waals surface area (Å²) in [5.41, 5.74) is 2.33. The lowest BCUT2D eigenvalue weighted by Crippen LogP contribution is -1.94. The summed E-state index contributed by atoms with van der Waals surface area (Å²) in [7, 11) is 0. The van der Waals surface area contributed by atoms with Gasteiger partial charge in [0.1, 0.15) is 5.15 Å². The third-order valence-electron chi connectivity index (χ3n) is 3.06. The van der Waals surface area contributed by atoms with Crippen molar-refractivity contribution in [2.75, 3.05) is 0 Å². The monoisotopic (exact) mass is 322 g/mol. The van der Waals surface area contributed by atoms with Crippen LogP contribution in [0.5, 0.6) is 0 Å². The predicted octanol–water partition coefficient (Wildman–Crippen LogP) is 5.57. The first kappa shape index (κ1) is 13.6. The van der Waals surface area contributed by atoms with Crippen LogP contribution in [0, 0.1) is 6.92 Å². The Morgan fingerprint density at radius 2 is 1.65 bits per heavy atom. The van der Waals surface area contributed by atoms with E-state index in [1.54, 1.807) is 6.07 Å². The molecule has 1 heterocycles. The van der Waals surface area contributed by atoms with Gasteiger partial charge < -0.3 is 0 Å². The van der Waals surface area contributed by atoms with Crippen LogP contribution in [0.25, 0.3) is 22.3 Å². The summed E-state index contributed by atoms with van der Waals surface area (Å²) in [6.07, 6.45) is 0. The highest BCUT2D eigenvalue weighted by atomic mass is 35.5. The molecule has 0 atom stereocenters. The highest BCUT2D eigenvalue weighted by Crippen LogP contribution is 2.32. The molecule has 0 N–H and O–H groups in total. The Balaban J connectivity index is 2.33. The topological polar surface area (TPSA) is 25.8 Å². The van der Waals surface area contributed by atoms with Gasteiger partial charge in [0.2, 0.25) is 0 Å². The van der Waals surface area contributed by atoms with Gasteiger partial charge >= 0.3 is 0 Å².